The fourth-order valence-electron chi connectivity index (χ4n) is 3.34. The van der Waals surface area contributed by atoms with E-state index in [1.54, 1.807) is 0 Å². The van der Waals surface area contributed by atoms with Crippen LogP contribution in [0.25, 0.3) is 0 Å². The summed E-state index contributed by atoms with van der Waals surface area (Å²) in [7, 11) is -3.41. The Balaban J connectivity index is 1.33. The average Bonchev–Trinajstić information content (AvgIpc) is 3.32. The van der Waals surface area contributed by atoms with Crippen LogP contribution in [0.3, 0.4) is 0 Å². The Bertz CT molecular complexity index is 916. The van der Waals surface area contributed by atoms with Crippen molar-refractivity contribution in [3.8, 4) is 17.2 Å². The Morgan fingerprint density at radius 2 is 1.89 bits per heavy atom. The molecule has 144 valence electrons. The molecule has 0 amide bonds. The number of hydrogen-bond acceptors (Lipinski definition) is 5. The Morgan fingerprint density at radius 3 is 2.70 bits per heavy atom. The van der Waals surface area contributed by atoms with E-state index in [0.29, 0.717) is 24.6 Å². The third-order valence-corrected chi connectivity index (χ3v) is 6.64. The molecule has 27 heavy (non-hydrogen) atoms. The van der Waals surface area contributed by atoms with Crippen LogP contribution >= 0.6 is 0 Å². The Labute approximate surface area is 157 Å². The molecule has 2 aliphatic heterocycles. The lowest BCUT2D eigenvalue weighted by molar-refractivity contribution is 0.174. The predicted molar refractivity (Wildman–Crippen MR) is 97.2 cm³/mol. The summed E-state index contributed by atoms with van der Waals surface area (Å²) >= 11 is 0. The summed E-state index contributed by atoms with van der Waals surface area (Å²) < 4.78 is 55.7. The predicted octanol–water partition coefficient (Wildman–Crippen LogP) is 2.75. The van der Waals surface area contributed by atoms with Crippen LogP contribution in [0.15, 0.2) is 42.5 Å². The molecule has 2 aromatic carbocycles. The van der Waals surface area contributed by atoms with Gasteiger partial charge in [-0.2, -0.15) is 0 Å². The van der Waals surface area contributed by atoms with Gasteiger partial charge in [0.2, 0.25) is 16.8 Å². The Hall–Kier alpha value is -2.32. The highest BCUT2D eigenvalue weighted by Crippen LogP contribution is 2.37. The Kier molecular flexibility index (Phi) is 4.92. The van der Waals surface area contributed by atoms with Gasteiger partial charge < -0.3 is 14.2 Å². The summed E-state index contributed by atoms with van der Waals surface area (Å²) in [6, 6.07) is 11.3. The first-order valence-corrected chi connectivity index (χ1v) is 10.4. The third-order valence-electron chi connectivity index (χ3n) is 4.84. The summed E-state index contributed by atoms with van der Waals surface area (Å²) in [6.07, 6.45) is 0.762. The fourth-order valence-corrected chi connectivity index (χ4v) is 4.69. The standard InChI is InChI=1S/C19H20FNO5S/c20-16-2-4-17(5-3-16)24-9-10-27(22,23)21-8-7-15(12-21)14-1-6-18-19(11-14)26-13-25-18/h1-6,11,15H,7-10,12-13H2. The second kappa shape index (κ2) is 7.36. The molecule has 4 rings (SSSR count). The van der Waals surface area contributed by atoms with Gasteiger partial charge in [-0.05, 0) is 54.3 Å². The first-order valence-electron chi connectivity index (χ1n) is 8.77. The monoisotopic (exact) mass is 393 g/mol. The van der Waals surface area contributed by atoms with Crippen molar-refractivity contribution >= 4 is 10.0 Å². The third kappa shape index (κ3) is 4.01. The van der Waals surface area contributed by atoms with E-state index >= 15 is 0 Å². The number of fused-ring (bicyclic) bond motifs is 1. The van der Waals surface area contributed by atoms with Crippen LogP contribution < -0.4 is 14.2 Å². The zero-order valence-corrected chi connectivity index (χ0v) is 15.5. The number of benzene rings is 2. The molecule has 0 aliphatic carbocycles. The van der Waals surface area contributed by atoms with E-state index in [9.17, 15) is 12.8 Å². The van der Waals surface area contributed by atoms with E-state index in [2.05, 4.69) is 0 Å². The van der Waals surface area contributed by atoms with E-state index in [4.69, 9.17) is 14.2 Å². The van der Waals surface area contributed by atoms with Gasteiger partial charge in [0.15, 0.2) is 11.5 Å². The molecular weight excluding hydrogens is 373 g/mol. The van der Waals surface area contributed by atoms with Gasteiger partial charge in [-0.15, -0.1) is 0 Å². The maximum absolute atomic E-state index is 12.9. The second-order valence-corrected chi connectivity index (χ2v) is 8.66. The van der Waals surface area contributed by atoms with Crippen LogP contribution in [-0.4, -0.2) is 45.0 Å². The van der Waals surface area contributed by atoms with E-state index in [1.807, 2.05) is 18.2 Å². The van der Waals surface area contributed by atoms with Crippen molar-refractivity contribution in [2.75, 3.05) is 32.2 Å². The van der Waals surface area contributed by atoms with Crippen molar-refractivity contribution in [1.29, 1.82) is 0 Å². The van der Waals surface area contributed by atoms with Crippen LogP contribution in [0, 0.1) is 5.82 Å². The maximum Gasteiger partial charge on any atom is 0.231 e. The molecule has 2 aliphatic rings. The van der Waals surface area contributed by atoms with Crippen LogP contribution in [0.2, 0.25) is 0 Å². The average molecular weight is 393 g/mol. The van der Waals surface area contributed by atoms with E-state index in [-0.39, 0.29) is 30.9 Å². The number of nitrogens with zero attached hydrogens (tertiary/aromatic N) is 1. The van der Waals surface area contributed by atoms with Crippen LogP contribution in [0.5, 0.6) is 17.2 Å². The molecule has 1 atom stereocenters. The van der Waals surface area contributed by atoms with Crippen molar-refractivity contribution in [1.82, 2.24) is 4.31 Å². The summed E-state index contributed by atoms with van der Waals surface area (Å²) in [5.41, 5.74) is 1.06. The molecule has 2 heterocycles. The molecular formula is C19H20FNO5S. The molecule has 0 radical (unpaired) electrons. The van der Waals surface area contributed by atoms with Gasteiger partial charge in [0.1, 0.15) is 18.2 Å². The van der Waals surface area contributed by atoms with Crippen LogP contribution in [0.4, 0.5) is 4.39 Å². The van der Waals surface area contributed by atoms with Crippen LogP contribution in [-0.2, 0) is 10.0 Å². The molecule has 2 aromatic rings. The van der Waals surface area contributed by atoms with Gasteiger partial charge >= 0.3 is 0 Å². The molecule has 1 fully saturated rings. The largest absolute Gasteiger partial charge is 0.492 e. The molecule has 0 aromatic heterocycles. The molecule has 1 unspecified atom stereocenters. The molecule has 0 spiro atoms. The van der Waals surface area contributed by atoms with Gasteiger partial charge in [-0.25, -0.2) is 17.1 Å². The Morgan fingerprint density at radius 1 is 1.11 bits per heavy atom. The highest BCUT2D eigenvalue weighted by atomic mass is 32.2. The quantitative estimate of drug-likeness (QED) is 0.755. The van der Waals surface area contributed by atoms with E-state index in [1.165, 1.54) is 28.6 Å². The van der Waals surface area contributed by atoms with Crippen molar-refractivity contribution in [2.45, 2.75) is 12.3 Å². The van der Waals surface area contributed by atoms with Crippen molar-refractivity contribution < 1.29 is 27.0 Å². The number of ether oxygens (including phenoxy) is 3. The van der Waals surface area contributed by atoms with Gasteiger partial charge in [-0.1, -0.05) is 6.07 Å². The van der Waals surface area contributed by atoms with E-state index < -0.39 is 10.0 Å². The number of halogens is 1. The molecule has 0 bridgehead atoms. The number of hydrogen-bond donors (Lipinski definition) is 0. The number of rotatable bonds is 6. The minimum absolute atomic E-state index is 0.0269. The lowest BCUT2D eigenvalue weighted by Gasteiger charge is -2.17. The first-order chi connectivity index (χ1) is 13.0. The SMILES string of the molecule is O=S(=O)(CCOc1ccc(F)cc1)N1CCC(c2ccc3c(c2)OCO3)C1. The second-order valence-electron chi connectivity index (χ2n) is 6.57. The molecule has 1 saturated heterocycles. The first kappa shape index (κ1) is 18.1. The van der Waals surface area contributed by atoms with Gasteiger partial charge in [0.25, 0.3) is 0 Å². The van der Waals surface area contributed by atoms with Crippen molar-refractivity contribution in [2.24, 2.45) is 0 Å². The summed E-state index contributed by atoms with van der Waals surface area (Å²) in [5.74, 6) is 1.54. The summed E-state index contributed by atoms with van der Waals surface area (Å²) in [6.45, 7) is 1.17. The smallest absolute Gasteiger partial charge is 0.231 e. The maximum atomic E-state index is 12.9. The molecule has 6 nitrogen and oxygen atoms in total. The molecule has 8 heteroatoms. The molecule has 0 N–H and O–H groups in total. The highest BCUT2D eigenvalue weighted by molar-refractivity contribution is 7.89. The minimum Gasteiger partial charge on any atom is -0.492 e. The lowest BCUT2D eigenvalue weighted by atomic mass is 9.98. The fraction of sp³-hybridized carbons (Fsp3) is 0.368. The normalized spacial score (nSPS) is 19.4. The van der Waals surface area contributed by atoms with Crippen molar-refractivity contribution in [3.63, 3.8) is 0 Å². The van der Waals surface area contributed by atoms with Gasteiger partial charge in [0, 0.05) is 13.1 Å². The summed E-state index contributed by atoms with van der Waals surface area (Å²) in [5, 5.41) is 0. The zero-order valence-electron chi connectivity index (χ0n) is 14.6. The zero-order chi connectivity index (χ0) is 18.9. The number of sulfonamides is 1. The topological polar surface area (TPSA) is 65.1 Å². The highest BCUT2D eigenvalue weighted by Gasteiger charge is 2.32. The van der Waals surface area contributed by atoms with Crippen LogP contribution in [0.1, 0.15) is 17.9 Å². The summed E-state index contributed by atoms with van der Waals surface area (Å²) in [4.78, 5) is 0. The van der Waals surface area contributed by atoms with E-state index in [0.717, 1.165) is 17.7 Å². The molecule has 0 saturated carbocycles. The lowest BCUT2D eigenvalue weighted by Crippen LogP contribution is -2.32. The van der Waals surface area contributed by atoms with Crippen molar-refractivity contribution in [3.05, 3.63) is 53.8 Å². The van der Waals surface area contributed by atoms with Gasteiger partial charge in [0.05, 0.1) is 5.75 Å². The minimum atomic E-state index is -3.41. The van der Waals surface area contributed by atoms with Gasteiger partial charge in [-0.3, -0.25) is 0 Å².